The summed E-state index contributed by atoms with van der Waals surface area (Å²) in [5.74, 6) is -2.58. The van der Waals surface area contributed by atoms with Gasteiger partial charge in [-0.05, 0) is 31.1 Å². The van der Waals surface area contributed by atoms with Crippen molar-refractivity contribution < 1.29 is 20.1 Å². The molecule has 0 spiro atoms. The molecule has 1 fully saturated rings. The summed E-state index contributed by atoms with van der Waals surface area (Å²) in [6.45, 7) is 2.25. The number of allylic oxidation sites excluding steroid dienone is 2. The van der Waals surface area contributed by atoms with Crippen molar-refractivity contribution in [3.8, 4) is 0 Å². The molecule has 0 aromatic rings. The van der Waals surface area contributed by atoms with Gasteiger partial charge in [0.2, 0.25) is 0 Å². The molecule has 0 radical (unpaired) electrons. The van der Waals surface area contributed by atoms with Gasteiger partial charge in [-0.1, -0.05) is 76.9 Å². The van der Waals surface area contributed by atoms with Crippen molar-refractivity contribution in [3.05, 3.63) is 12.2 Å². The Kier molecular flexibility index (Phi) is 10.3. The van der Waals surface area contributed by atoms with Crippen molar-refractivity contribution in [3.63, 3.8) is 0 Å². The lowest BCUT2D eigenvalue weighted by Gasteiger charge is -2.18. The van der Waals surface area contributed by atoms with Crippen molar-refractivity contribution in [1.82, 2.24) is 0 Å². The summed E-state index contributed by atoms with van der Waals surface area (Å²) in [5.41, 5.74) is 0. The zero-order valence-electron chi connectivity index (χ0n) is 15.3. The van der Waals surface area contributed by atoms with Gasteiger partial charge in [0.15, 0.2) is 0 Å². The van der Waals surface area contributed by atoms with Gasteiger partial charge in [0.1, 0.15) is 0 Å². The van der Waals surface area contributed by atoms with Gasteiger partial charge in [-0.15, -0.1) is 0 Å². The van der Waals surface area contributed by atoms with Gasteiger partial charge < -0.3 is 15.3 Å². The minimum Gasteiger partial charge on any atom is -0.477 e. The third-order valence-electron chi connectivity index (χ3n) is 5.35. The molecule has 3 N–H and O–H groups in total. The van der Waals surface area contributed by atoms with Gasteiger partial charge in [-0.2, -0.15) is 0 Å². The Hall–Kier alpha value is -0.870. The minimum atomic E-state index is -2.60. The lowest BCUT2D eigenvalue weighted by atomic mass is 9.88. The lowest BCUT2D eigenvalue weighted by molar-refractivity contribution is -0.205. The van der Waals surface area contributed by atoms with E-state index in [-0.39, 0.29) is 6.42 Å². The van der Waals surface area contributed by atoms with E-state index in [2.05, 4.69) is 13.0 Å². The van der Waals surface area contributed by atoms with Crippen LogP contribution in [-0.2, 0) is 4.79 Å². The van der Waals surface area contributed by atoms with Gasteiger partial charge in [0.05, 0.1) is 0 Å². The second-order valence-corrected chi connectivity index (χ2v) is 7.38. The number of hydrogen-bond acceptors (Lipinski definition) is 3. The van der Waals surface area contributed by atoms with Crippen molar-refractivity contribution in [2.75, 3.05) is 0 Å². The molecule has 1 aliphatic rings. The summed E-state index contributed by atoms with van der Waals surface area (Å²) in [5, 5.41) is 27.1. The van der Waals surface area contributed by atoms with Crippen LogP contribution in [0.3, 0.4) is 0 Å². The summed E-state index contributed by atoms with van der Waals surface area (Å²) >= 11 is 0. The van der Waals surface area contributed by atoms with Gasteiger partial charge in [0.25, 0.3) is 5.79 Å². The maximum atomic E-state index is 10.6. The van der Waals surface area contributed by atoms with Gasteiger partial charge in [-0.3, -0.25) is 0 Å². The van der Waals surface area contributed by atoms with Crippen LogP contribution in [0.1, 0.15) is 90.4 Å². The number of carboxylic acids is 1. The molecule has 1 saturated carbocycles. The molecule has 140 valence electrons. The Morgan fingerprint density at radius 1 is 1.04 bits per heavy atom. The van der Waals surface area contributed by atoms with Crippen LogP contribution < -0.4 is 0 Å². The number of hydrogen-bond donors (Lipinski definition) is 3. The highest BCUT2D eigenvalue weighted by atomic mass is 16.5. The molecule has 0 aliphatic heterocycles. The number of aliphatic carboxylic acids is 1. The van der Waals surface area contributed by atoms with E-state index in [4.69, 9.17) is 5.11 Å². The molecular weight excluding hydrogens is 304 g/mol. The van der Waals surface area contributed by atoms with E-state index in [9.17, 15) is 15.0 Å². The first kappa shape index (κ1) is 21.2. The van der Waals surface area contributed by atoms with Crippen molar-refractivity contribution in [2.45, 2.75) is 96.2 Å². The van der Waals surface area contributed by atoms with Crippen LogP contribution in [0, 0.1) is 11.8 Å². The van der Waals surface area contributed by atoms with Gasteiger partial charge >= 0.3 is 5.97 Å². The second-order valence-electron chi connectivity index (χ2n) is 7.38. The number of rotatable bonds is 13. The Morgan fingerprint density at radius 2 is 1.71 bits per heavy atom. The minimum absolute atomic E-state index is 0.162. The fourth-order valence-corrected chi connectivity index (χ4v) is 3.77. The van der Waals surface area contributed by atoms with E-state index in [1.54, 1.807) is 0 Å². The molecule has 0 unspecified atom stereocenters. The van der Waals surface area contributed by atoms with E-state index in [0.717, 1.165) is 18.3 Å². The topological polar surface area (TPSA) is 77.8 Å². The fraction of sp³-hybridized carbons (Fsp3) is 0.850. The molecule has 0 aromatic heterocycles. The molecule has 1 rings (SSSR count). The van der Waals surface area contributed by atoms with Crippen molar-refractivity contribution in [1.29, 1.82) is 0 Å². The molecule has 0 heterocycles. The smallest absolute Gasteiger partial charge is 0.364 e. The maximum absolute atomic E-state index is 10.6. The number of carboxylic acid groups (broad SMARTS) is 1. The van der Waals surface area contributed by atoms with Crippen LogP contribution >= 0.6 is 0 Å². The Balaban J connectivity index is 2.17. The van der Waals surface area contributed by atoms with Crippen LogP contribution in [0.2, 0.25) is 0 Å². The van der Waals surface area contributed by atoms with E-state index in [0.29, 0.717) is 6.42 Å². The Labute approximate surface area is 147 Å². The standard InChI is InChI=1S/C20H36O4/c1-2-3-4-5-6-8-12-17-14-11-15-18(17)13-9-7-10-16-20(23,24)19(21)22/h7,9,17-18,23-24H,2-6,8,10-16H2,1H3,(H,21,22)/t17-,18-/m0/s1. The van der Waals surface area contributed by atoms with E-state index in [1.807, 2.05) is 6.08 Å². The first-order valence-corrected chi connectivity index (χ1v) is 9.80. The van der Waals surface area contributed by atoms with Gasteiger partial charge in [0, 0.05) is 6.42 Å². The number of unbranched alkanes of at least 4 members (excludes halogenated alkanes) is 5. The lowest BCUT2D eigenvalue weighted by Crippen LogP contribution is -2.37. The zero-order valence-corrected chi connectivity index (χ0v) is 15.3. The molecule has 0 aromatic carbocycles. The molecule has 0 saturated heterocycles. The zero-order chi connectivity index (χ0) is 17.8. The maximum Gasteiger partial charge on any atom is 0.364 e. The monoisotopic (exact) mass is 340 g/mol. The average Bonchev–Trinajstić information content (AvgIpc) is 2.97. The normalized spacial score (nSPS) is 21.6. The van der Waals surface area contributed by atoms with E-state index in [1.165, 1.54) is 64.2 Å². The third-order valence-corrected chi connectivity index (χ3v) is 5.35. The van der Waals surface area contributed by atoms with Crippen LogP contribution in [0.5, 0.6) is 0 Å². The highest BCUT2D eigenvalue weighted by Gasteiger charge is 2.31. The SMILES string of the molecule is CCCCCCCC[C@H]1CCC[C@@H]1CC=CCCC(O)(O)C(=O)O. The molecule has 0 bridgehead atoms. The van der Waals surface area contributed by atoms with Crippen LogP contribution in [-0.4, -0.2) is 27.1 Å². The van der Waals surface area contributed by atoms with Crippen molar-refractivity contribution >= 4 is 5.97 Å². The molecular formula is C20H36O4. The van der Waals surface area contributed by atoms with E-state index >= 15 is 0 Å². The number of aliphatic hydroxyl groups is 2. The largest absolute Gasteiger partial charge is 0.477 e. The molecule has 4 heteroatoms. The number of carbonyl (C=O) groups is 1. The predicted octanol–water partition coefficient (Wildman–Crippen LogP) is 4.65. The third kappa shape index (κ3) is 8.29. The van der Waals surface area contributed by atoms with E-state index < -0.39 is 11.8 Å². The summed E-state index contributed by atoms with van der Waals surface area (Å²) in [7, 11) is 0. The first-order chi connectivity index (χ1) is 11.5. The molecule has 2 atom stereocenters. The van der Waals surface area contributed by atoms with Crippen LogP contribution in [0.4, 0.5) is 0 Å². The molecule has 0 amide bonds. The highest BCUT2D eigenvalue weighted by Crippen LogP contribution is 2.37. The molecule has 1 aliphatic carbocycles. The summed E-state index contributed by atoms with van der Waals surface area (Å²) in [4.78, 5) is 10.6. The summed E-state index contributed by atoms with van der Waals surface area (Å²) in [6, 6.07) is 0. The average molecular weight is 341 g/mol. The summed E-state index contributed by atoms with van der Waals surface area (Å²) < 4.78 is 0. The predicted molar refractivity (Wildman–Crippen MR) is 96.6 cm³/mol. The Bertz CT molecular complexity index is 376. The summed E-state index contributed by atoms with van der Waals surface area (Å²) in [6.07, 6.45) is 18.7. The first-order valence-electron chi connectivity index (χ1n) is 9.80. The van der Waals surface area contributed by atoms with Crippen molar-refractivity contribution in [2.24, 2.45) is 11.8 Å². The van der Waals surface area contributed by atoms with Crippen LogP contribution in [0.15, 0.2) is 12.2 Å². The molecule has 24 heavy (non-hydrogen) atoms. The van der Waals surface area contributed by atoms with Gasteiger partial charge in [-0.25, -0.2) is 4.79 Å². The second kappa shape index (κ2) is 11.6. The molecule has 4 nitrogen and oxygen atoms in total. The van der Waals surface area contributed by atoms with Crippen LogP contribution in [0.25, 0.3) is 0 Å². The Morgan fingerprint density at radius 3 is 2.42 bits per heavy atom. The quantitative estimate of drug-likeness (QED) is 0.259. The highest BCUT2D eigenvalue weighted by molar-refractivity contribution is 5.74. The fourth-order valence-electron chi connectivity index (χ4n) is 3.77.